The molecule has 0 unspecified atom stereocenters. The standard InChI is InChI=1S/C14H20N4O2S/c1-2-17-21(19,20)14-8-4-3-7-13(14)15-9-5-11-18-12-6-10-16-18/h3-4,6-8,10,12,15,17H,2,5,9,11H2,1H3. The third-order valence-corrected chi connectivity index (χ3v) is 4.55. The molecule has 0 aliphatic rings. The van der Waals surface area contributed by atoms with Crippen molar-refractivity contribution in [3.63, 3.8) is 0 Å². The van der Waals surface area contributed by atoms with Crippen LogP contribution >= 0.6 is 0 Å². The monoisotopic (exact) mass is 308 g/mol. The zero-order chi connectivity index (χ0) is 15.1. The summed E-state index contributed by atoms with van der Waals surface area (Å²) in [6, 6.07) is 8.80. The minimum Gasteiger partial charge on any atom is -0.384 e. The molecule has 0 aliphatic heterocycles. The van der Waals surface area contributed by atoms with Crippen LogP contribution in [0.25, 0.3) is 0 Å². The molecule has 1 aromatic heterocycles. The van der Waals surface area contributed by atoms with Crippen LogP contribution in [0, 0.1) is 0 Å². The van der Waals surface area contributed by atoms with Crippen LogP contribution in [-0.4, -0.2) is 31.3 Å². The van der Waals surface area contributed by atoms with Crippen molar-refractivity contribution >= 4 is 15.7 Å². The first-order chi connectivity index (χ1) is 10.1. The summed E-state index contributed by atoms with van der Waals surface area (Å²) in [6.45, 7) is 3.61. The number of benzene rings is 1. The van der Waals surface area contributed by atoms with Gasteiger partial charge >= 0.3 is 0 Å². The molecule has 0 saturated carbocycles. The van der Waals surface area contributed by atoms with Gasteiger partial charge in [-0.05, 0) is 24.6 Å². The number of hydrogen-bond acceptors (Lipinski definition) is 4. The summed E-state index contributed by atoms with van der Waals surface area (Å²) < 4.78 is 28.6. The first-order valence-electron chi connectivity index (χ1n) is 6.93. The average Bonchev–Trinajstić information content (AvgIpc) is 2.97. The van der Waals surface area contributed by atoms with E-state index in [-0.39, 0.29) is 4.90 Å². The fraction of sp³-hybridized carbons (Fsp3) is 0.357. The third kappa shape index (κ3) is 4.30. The van der Waals surface area contributed by atoms with E-state index in [0.717, 1.165) is 13.0 Å². The molecule has 0 fully saturated rings. The van der Waals surface area contributed by atoms with E-state index in [1.807, 2.05) is 23.0 Å². The van der Waals surface area contributed by atoms with E-state index in [1.165, 1.54) is 0 Å². The Morgan fingerprint density at radius 1 is 1.24 bits per heavy atom. The Morgan fingerprint density at radius 2 is 2.05 bits per heavy atom. The number of nitrogens with zero attached hydrogens (tertiary/aromatic N) is 2. The predicted octanol–water partition coefficient (Wildman–Crippen LogP) is 1.68. The lowest BCUT2D eigenvalue weighted by Gasteiger charge is -2.12. The van der Waals surface area contributed by atoms with Crippen LogP contribution in [0.3, 0.4) is 0 Å². The van der Waals surface area contributed by atoms with Gasteiger partial charge in [-0.25, -0.2) is 13.1 Å². The van der Waals surface area contributed by atoms with Crippen molar-refractivity contribution in [1.82, 2.24) is 14.5 Å². The smallest absolute Gasteiger partial charge is 0.242 e. The van der Waals surface area contributed by atoms with Crippen molar-refractivity contribution in [2.24, 2.45) is 0 Å². The highest BCUT2D eigenvalue weighted by Gasteiger charge is 2.16. The molecule has 0 saturated heterocycles. The fourth-order valence-corrected chi connectivity index (χ4v) is 3.23. The van der Waals surface area contributed by atoms with Crippen LogP contribution in [0.5, 0.6) is 0 Å². The molecule has 0 amide bonds. The van der Waals surface area contributed by atoms with E-state index in [0.29, 0.717) is 18.8 Å². The topological polar surface area (TPSA) is 76.0 Å². The maximum atomic E-state index is 12.1. The van der Waals surface area contributed by atoms with Gasteiger partial charge in [-0.2, -0.15) is 5.10 Å². The normalized spacial score (nSPS) is 11.5. The minimum absolute atomic E-state index is 0.283. The predicted molar refractivity (Wildman–Crippen MR) is 82.6 cm³/mol. The highest BCUT2D eigenvalue weighted by atomic mass is 32.2. The number of aryl methyl sites for hydroxylation is 1. The molecule has 0 atom stereocenters. The molecule has 2 N–H and O–H groups in total. The van der Waals surface area contributed by atoms with Crippen molar-refractivity contribution in [3.05, 3.63) is 42.7 Å². The van der Waals surface area contributed by atoms with E-state index in [4.69, 9.17) is 0 Å². The van der Waals surface area contributed by atoms with E-state index < -0.39 is 10.0 Å². The summed E-state index contributed by atoms with van der Waals surface area (Å²) in [5.41, 5.74) is 0.624. The Bertz CT molecular complexity index is 653. The van der Waals surface area contributed by atoms with Crippen molar-refractivity contribution in [2.45, 2.75) is 24.8 Å². The largest absolute Gasteiger partial charge is 0.384 e. The second kappa shape index (κ2) is 7.24. The maximum absolute atomic E-state index is 12.1. The Balaban J connectivity index is 1.97. The zero-order valence-corrected chi connectivity index (χ0v) is 12.8. The van der Waals surface area contributed by atoms with Gasteiger partial charge in [0.05, 0.1) is 5.69 Å². The van der Waals surface area contributed by atoms with Gasteiger partial charge in [0.25, 0.3) is 0 Å². The summed E-state index contributed by atoms with van der Waals surface area (Å²) in [6.07, 6.45) is 4.51. The second-order valence-corrected chi connectivity index (χ2v) is 6.28. The first kappa shape index (κ1) is 15.5. The molecular formula is C14H20N4O2S. The van der Waals surface area contributed by atoms with Crippen molar-refractivity contribution in [3.8, 4) is 0 Å². The Kier molecular flexibility index (Phi) is 5.35. The molecule has 1 heterocycles. The number of para-hydroxylation sites is 1. The van der Waals surface area contributed by atoms with Crippen LogP contribution in [0.1, 0.15) is 13.3 Å². The van der Waals surface area contributed by atoms with E-state index >= 15 is 0 Å². The SMILES string of the molecule is CCNS(=O)(=O)c1ccccc1NCCCn1cccn1. The highest BCUT2D eigenvalue weighted by molar-refractivity contribution is 7.89. The molecule has 0 radical (unpaired) electrons. The van der Waals surface area contributed by atoms with Crippen molar-refractivity contribution in [1.29, 1.82) is 0 Å². The summed E-state index contributed by atoms with van der Waals surface area (Å²) in [5, 5.41) is 7.30. The summed E-state index contributed by atoms with van der Waals surface area (Å²) >= 11 is 0. The quantitative estimate of drug-likeness (QED) is 0.728. The molecule has 0 spiro atoms. The van der Waals surface area contributed by atoms with Gasteiger partial charge in [-0.3, -0.25) is 4.68 Å². The van der Waals surface area contributed by atoms with Crippen LogP contribution in [0.4, 0.5) is 5.69 Å². The van der Waals surface area contributed by atoms with Crippen molar-refractivity contribution in [2.75, 3.05) is 18.4 Å². The van der Waals surface area contributed by atoms with Gasteiger partial charge in [0.1, 0.15) is 4.90 Å². The van der Waals surface area contributed by atoms with Gasteiger partial charge in [-0.15, -0.1) is 0 Å². The fourth-order valence-electron chi connectivity index (χ4n) is 2.01. The Labute approximate surface area is 125 Å². The van der Waals surface area contributed by atoms with Crippen molar-refractivity contribution < 1.29 is 8.42 Å². The van der Waals surface area contributed by atoms with Gasteiger partial charge in [0.15, 0.2) is 0 Å². The molecule has 1 aromatic carbocycles. The van der Waals surface area contributed by atoms with Gasteiger partial charge < -0.3 is 5.32 Å². The molecule has 21 heavy (non-hydrogen) atoms. The molecule has 2 aromatic rings. The number of nitrogens with one attached hydrogen (secondary N) is 2. The minimum atomic E-state index is -3.45. The zero-order valence-electron chi connectivity index (χ0n) is 12.0. The molecule has 6 nitrogen and oxygen atoms in total. The number of sulfonamides is 1. The number of anilines is 1. The number of hydrogen-bond donors (Lipinski definition) is 2. The summed E-state index contributed by atoms with van der Waals surface area (Å²) in [7, 11) is -3.45. The molecular weight excluding hydrogens is 288 g/mol. The Hall–Kier alpha value is -1.86. The molecule has 114 valence electrons. The lowest BCUT2D eigenvalue weighted by Crippen LogP contribution is -2.24. The Morgan fingerprint density at radius 3 is 2.76 bits per heavy atom. The number of rotatable bonds is 8. The van der Waals surface area contributed by atoms with Gasteiger partial charge in [-0.1, -0.05) is 19.1 Å². The van der Waals surface area contributed by atoms with Crippen LogP contribution < -0.4 is 10.0 Å². The van der Waals surface area contributed by atoms with Crippen LogP contribution in [0.2, 0.25) is 0 Å². The van der Waals surface area contributed by atoms with E-state index in [9.17, 15) is 8.42 Å². The molecule has 0 aliphatic carbocycles. The first-order valence-corrected chi connectivity index (χ1v) is 8.42. The maximum Gasteiger partial charge on any atom is 0.242 e. The second-order valence-electron chi connectivity index (χ2n) is 4.55. The summed E-state index contributed by atoms with van der Waals surface area (Å²) in [5.74, 6) is 0. The van der Waals surface area contributed by atoms with Crippen LogP contribution in [0.15, 0.2) is 47.6 Å². The highest BCUT2D eigenvalue weighted by Crippen LogP contribution is 2.20. The molecule has 2 rings (SSSR count). The lowest BCUT2D eigenvalue weighted by atomic mass is 10.3. The number of aromatic nitrogens is 2. The third-order valence-electron chi connectivity index (χ3n) is 2.95. The van der Waals surface area contributed by atoms with E-state index in [1.54, 1.807) is 31.3 Å². The average molecular weight is 308 g/mol. The van der Waals surface area contributed by atoms with Gasteiger partial charge in [0, 0.05) is 32.0 Å². The van der Waals surface area contributed by atoms with E-state index in [2.05, 4.69) is 15.1 Å². The van der Waals surface area contributed by atoms with Gasteiger partial charge in [0.2, 0.25) is 10.0 Å². The lowest BCUT2D eigenvalue weighted by molar-refractivity contribution is 0.583. The molecule has 7 heteroatoms. The molecule has 0 bridgehead atoms. The summed E-state index contributed by atoms with van der Waals surface area (Å²) in [4.78, 5) is 0.283. The van der Waals surface area contributed by atoms with Crippen LogP contribution in [-0.2, 0) is 16.6 Å².